The Balaban J connectivity index is 1.72. The van der Waals surface area contributed by atoms with E-state index in [-0.39, 0.29) is 37.0 Å². The van der Waals surface area contributed by atoms with Gasteiger partial charge in [0.2, 0.25) is 17.6 Å². The number of ketones is 1. The van der Waals surface area contributed by atoms with Gasteiger partial charge < -0.3 is 30.7 Å². The average molecular weight is 625 g/mol. The maximum Gasteiger partial charge on any atom is 0.315 e. The Labute approximate surface area is 265 Å². The molecule has 1 aromatic heterocycles. The predicted molar refractivity (Wildman–Crippen MR) is 171 cm³/mol. The van der Waals surface area contributed by atoms with Gasteiger partial charge in [0, 0.05) is 31.9 Å². The molecular formula is C33H48N6O6. The molecule has 0 spiro atoms. The summed E-state index contributed by atoms with van der Waals surface area (Å²) < 4.78 is 1.52. The maximum atomic E-state index is 14.0. The zero-order valence-electron chi connectivity index (χ0n) is 27.0. The largest absolute Gasteiger partial charge is 0.346 e. The Morgan fingerprint density at radius 1 is 1.07 bits per heavy atom. The number of carbonyl (C=O) groups excluding carboxylic acids is 5. The fraction of sp³-hybridized carbons (Fsp3) is 0.576. The molecule has 1 saturated carbocycles. The first-order chi connectivity index (χ1) is 21.2. The van der Waals surface area contributed by atoms with Crippen molar-refractivity contribution in [1.29, 1.82) is 0 Å². The van der Waals surface area contributed by atoms with Crippen LogP contribution in [0.3, 0.4) is 0 Å². The lowest BCUT2D eigenvalue weighted by Gasteiger charge is -2.36. The number of hydrogen-bond donors (Lipinski definition) is 4. The number of rotatable bonds is 14. The molecule has 0 saturated heterocycles. The highest BCUT2D eigenvalue weighted by molar-refractivity contribution is 6.38. The third kappa shape index (κ3) is 9.63. The molecule has 2 heterocycles. The van der Waals surface area contributed by atoms with Crippen LogP contribution in [0.5, 0.6) is 0 Å². The molecule has 3 rings (SSSR count). The van der Waals surface area contributed by atoms with Crippen molar-refractivity contribution in [2.24, 2.45) is 17.3 Å². The molecule has 1 aliphatic heterocycles. The van der Waals surface area contributed by atoms with Crippen molar-refractivity contribution in [1.82, 2.24) is 30.7 Å². The van der Waals surface area contributed by atoms with E-state index in [9.17, 15) is 28.8 Å². The molecular weight excluding hydrogens is 576 g/mol. The highest BCUT2D eigenvalue weighted by atomic mass is 16.2. The van der Waals surface area contributed by atoms with Crippen molar-refractivity contribution in [2.75, 3.05) is 13.1 Å². The Hall–Kier alpha value is -4.22. The number of pyridine rings is 1. The van der Waals surface area contributed by atoms with Crippen LogP contribution >= 0.6 is 0 Å². The van der Waals surface area contributed by atoms with Gasteiger partial charge >= 0.3 is 6.03 Å². The monoisotopic (exact) mass is 624 g/mol. The quantitative estimate of drug-likeness (QED) is 0.183. The van der Waals surface area contributed by atoms with Crippen LogP contribution < -0.4 is 26.8 Å². The van der Waals surface area contributed by atoms with Crippen molar-refractivity contribution in [3.05, 3.63) is 59.6 Å². The number of aromatic nitrogens is 1. The van der Waals surface area contributed by atoms with Crippen molar-refractivity contribution < 1.29 is 24.0 Å². The first-order valence-corrected chi connectivity index (χ1v) is 15.7. The smallest absolute Gasteiger partial charge is 0.315 e. The highest BCUT2D eigenvalue weighted by Gasteiger charge is 2.42. The molecule has 12 nitrogen and oxygen atoms in total. The summed E-state index contributed by atoms with van der Waals surface area (Å²) in [5.41, 5.74) is -0.916. The van der Waals surface area contributed by atoms with Gasteiger partial charge in [0.25, 0.3) is 11.5 Å². The SMILES string of the molecule is C=CCNC(=O)C(=O)C(CC1CCC1)NC(=O)[C@@H]1C=CCN1C(=O)[C@@H](NC(=O)N[C@H](Cn1ccccc1=O)C(C)C)C(C)(C)C. The molecule has 0 bridgehead atoms. The number of Topliss-reactive ketones (excluding diaryl/α,β-unsaturated/α-hetero) is 1. The van der Waals surface area contributed by atoms with Gasteiger partial charge in [-0.15, -0.1) is 6.58 Å². The minimum absolute atomic E-state index is 0.0167. The van der Waals surface area contributed by atoms with Crippen LogP contribution in [0.1, 0.15) is 60.3 Å². The van der Waals surface area contributed by atoms with E-state index in [1.807, 2.05) is 34.6 Å². The number of nitrogens with zero attached hydrogens (tertiary/aromatic N) is 2. The summed E-state index contributed by atoms with van der Waals surface area (Å²) >= 11 is 0. The summed E-state index contributed by atoms with van der Waals surface area (Å²) in [7, 11) is 0. The standard InChI is InChI=1S/C33H48N6O6/c1-7-16-34-30(43)27(41)23(19-22-12-10-13-22)35-29(42)25-14-11-18-39(25)31(44)28(33(4,5)6)37-32(45)36-24(21(2)3)20-38-17-9-8-15-26(38)40/h7-9,11,14-15,17,21-25,28H,1,10,12-13,16,18-20H2,2-6H3,(H,34,43)(H,35,42)(H2,36,37,45)/t23?,24-,25+,28-/m1/s1. The number of nitrogens with one attached hydrogen (secondary N) is 4. The molecule has 246 valence electrons. The second kappa shape index (κ2) is 15.7. The molecule has 1 aliphatic carbocycles. The van der Waals surface area contributed by atoms with Gasteiger partial charge in [-0.3, -0.25) is 24.0 Å². The molecule has 2 aliphatic rings. The molecule has 4 atom stereocenters. The van der Waals surface area contributed by atoms with Gasteiger partial charge in [-0.25, -0.2) is 4.79 Å². The maximum absolute atomic E-state index is 14.0. The van der Waals surface area contributed by atoms with E-state index >= 15 is 0 Å². The topological polar surface area (TPSA) is 159 Å². The summed E-state index contributed by atoms with van der Waals surface area (Å²) in [6.45, 7) is 13.3. The minimum atomic E-state index is -1.02. The van der Waals surface area contributed by atoms with E-state index in [0.717, 1.165) is 19.3 Å². The molecule has 0 radical (unpaired) electrons. The van der Waals surface area contributed by atoms with Gasteiger partial charge in [0.05, 0.1) is 12.1 Å². The number of amides is 5. The summed E-state index contributed by atoms with van der Waals surface area (Å²) in [4.78, 5) is 79.8. The zero-order valence-corrected chi connectivity index (χ0v) is 27.0. The molecule has 5 amide bonds. The van der Waals surface area contributed by atoms with Crippen LogP contribution in [-0.4, -0.2) is 76.3 Å². The lowest BCUT2D eigenvalue weighted by atomic mass is 9.80. The highest BCUT2D eigenvalue weighted by Crippen LogP contribution is 2.31. The van der Waals surface area contributed by atoms with Gasteiger partial charge in [-0.2, -0.15) is 0 Å². The normalized spacial score (nSPS) is 18.4. The van der Waals surface area contributed by atoms with E-state index in [1.54, 1.807) is 30.5 Å². The van der Waals surface area contributed by atoms with E-state index in [1.165, 1.54) is 21.6 Å². The van der Waals surface area contributed by atoms with Crippen molar-refractivity contribution in [3.8, 4) is 0 Å². The zero-order chi connectivity index (χ0) is 33.3. The van der Waals surface area contributed by atoms with Gasteiger partial charge in [-0.1, -0.05) is 78.2 Å². The van der Waals surface area contributed by atoms with Crippen molar-refractivity contribution in [3.63, 3.8) is 0 Å². The summed E-state index contributed by atoms with van der Waals surface area (Å²) in [6.07, 6.45) is 9.61. The second-order valence-electron chi connectivity index (χ2n) is 13.3. The molecule has 45 heavy (non-hydrogen) atoms. The molecule has 1 unspecified atom stereocenters. The summed E-state index contributed by atoms with van der Waals surface area (Å²) in [5, 5.41) is 10.9. The first kappa shape index (κ1) is 35.3. The lowest BCUT2D eigenvalue weighted by Crippen LogP contribution is -2.61. The summed E-state index contributed by atoms with van der Waals surface area (Å²) in [5.74, 6) is -2.36. The van der Waals surface area contributed by atoms with Gasteiger partial charge in [0.15, 0.2) is 0 Å². The molecule has 1 fully saturated rings. The van der Waals surface area contributed by atoms with E-state index in [0.29, 0.717) is 6.42 Å². The Bertz CT molecular complexity index is 1340. The fourth-order valence-corrected chi connectivity index (χ4v) is 5.34. The van der Waals surface area contributed by atoms with Crippen LogP contribution in [0.4, 0.5) is 4.79 Å². The van der Waals surface area contributed by atoms with Crippen LogP contribution in [-0.2, 0) is 25.7 Å². The van der Waals surface area contributed by atoms with E-state index < -0.39 is 59.1 Å². The molecule has 0 aromatic carbocycles. The summed E-state index contributed by atoms with van der Waals surface area (Å²) in [6, 6.07) is 0.823. The van der Waals surface area contributed by atoms with Gasteiger partial charge in [0.1, 0.15) is 12.1 Å². The Morgan fingerprint density at radius 3 is 2.36 bits per heavy atom. The van der Waals surface area contributed by atoms with Gasteiger partial charge in [-0.05, 0) is 29.7 Å². The molecule has 4 N–H and O–H groups in total. The van der Waals surface area contributed by atoms with E-state index in [2.05, 4.69) is 27.8 Å². The Kier molecular flexibility index (Phi) is 12.3. The first-order valence-electron chi connectivity index (χ1n) is 15.7. The van der Waals surface area contributed by atoms with Crippen LogP contribution in [0.25, 0.3) is 0 Å². The van der Waals surface area contributed by atoms with Crippen molar-refractivity contribution >= 4 is 29.5 Å². The van der Waals surface area contributed by atoms with E-state index in [4.69, 9.17) is 0 Å². The van der Waals surface area contributed by atoms with Crippen LogP contribution in [0.2, 0.25) is 0 Å². The van der Waals surface area contributed by atoms with Crippen LogP contribution in [0.15, 0.2) is 54.0 Å². The number of hydrogen-bond acceptors (Lipinski definition) is 6. The number of urea groups is 1. The molecule has 12 heteroatoms. The third-order valence-corrected chi connectivity index (χ3v) is 8.37. The van der Waals surface area contributed by atoms with Crippen molar-refractivity contribution in [2.45, 2.75) is 91.0 Å². The fourth-order valence-electron chi connectivity index (χ4n) is 5.34. The second-order valence-corrected chi connectivity index (χ2v) is 13.3. The number of carbonyl (C=O) groups is 5. The molecule has 1 aromatic rings. The Morgan fingerprint density at radius 2 is 1.78 bits per heavy atom. The lowest BCUT2D eigenvalue weighted by molar-refractivity contribution is -0.143. The third-order valence-electron chi connectivity index (χ3n) is 8.37. The minimum Gasteiger partial charge on any atom is -0.346 e. The van der Waals surface area contributed by atoms with Crippen LogP contribution in [0, 0.1) is 17.3 Å². The predicted octanol–water partition coefficient (Wildman–Crippen LogP) is 1.90. The average Bonchev–Trinajstić information content (AvgIpc) is 3.45.